The van der Waals surface area contributed by atoms with Gasteiger partial charge in [-0.2, -0.15) is 0 Å². The van der Waals surface area contributed by atoms with Crippen molar-refractivity contribution in [3.8, 4) is 11.5 Å². The second-order valence-electron chi connectivity index (χ2n) is 10.8. The number of esters is 1. The van der Waals surface area contributed by atoms with E-state index in [-0.39, 0.29) is 12.4 Å². The van der Waals surface area contributed by atoms with Crippen molar-refractivity contribution in [1.82, 2.24) is 0 Å². The summed E-state index contributed by atoms with van der Waals surface area (Å²) in [4.78, 5) is 20.4. The smallest absolute Gasteiger partial charge is 0.311 e. The number of carboxylic acid groups (broad SMARTS) is 1. The number of carbonyl (C=O) groups excluding carboxylic acids is 1. The van der Waals surface area contributed by atoms with Crippen molar-refractivity contribution in [2.75, 3.05) is 0 Å². The van der Waals surface area contributed by atoms with Gasteiger partial charge in [0.05, 0.1) is 6.10 Å². The lowest BCUT2D eigenvalue weighted by atomic mass is 9.90. The Balaban J connectivity index is 0.00000205. The molecule has 0 spiro atoms. The molecule has 1 aliphatic rings. The van der Waals surface area contributed by atoms with Crippen LogP contribution in [0.4, 0.5) is 0 Å². The molecule has 0 aromatic heterocycles. The number of carbonyl (C=O) groups is 2. The number of benzene rings is 1. The molecular weight excluding hydrogens is 452 g/mol. The van der Waals surface area contributed by atoms with Crippen molar-refractivity contribution in [2.45, 2.75) is 144 Å². The molecule has 1 atom stereocenters. The van der Waals surface area contributed by atoms with Gasteiger partial charge in [0.15, 0.2) is 0 Å². The van der Waals surface area contributed by atoms with Gasteiger partial charge in [-0.25, -0.2) is 0 Å². The van der Waals surface area contributed by atoms with Crippen LogP contribution in [0.25, 0.3) is 0 Å². The van der Waals surface area contributed by atoms with Crippen LogP contribution in [0, 0.1) is 26.7 Å². The summed E-state index contributed by atoms with van der Waals surface area (Å²) in [7, 11) is 0. The van der Waals surface area contributed by atoms with Crippen LogP contribution < -0.4 is 9.47 Å². The van der Waals surface area contributed by atoms with Crippen molar-refractivity contribution >= 4 is 12.4 Å². The summed E-state index contributed by atoms with van der Waals surface area (Å²) in [6, 6.07) is 0. The predicted molar refractivity (Wildman–Crippen MR) is 148 cm³/mol. The van der Waals surface area contributed by atoms with Gasteiger partial charge >= 0.3 is 5.97 Å². The van der Waals surface area contributed by atoms with E-state index >= 15 is 0 Å². The van der Waals surface area contributed by atoms with Crippen LogP contribution in [-0.2, 0) is 16.0 Å². The van der Waals surface area contributed by atoms with Crippen LogP contribution in [0.15, 0.2) is 0 Å². The molecule has 0 amide bonds. The third kappa shape index (κ3) is 11.3. The summed E-state index contributed by atoms with van der Waals surface area (Å²) < 4.78 is 12.2. The van der Waals surface area contributed by atoms with Gasteiger partial charge in [0.2, 0.25) is 0 Å². The molecule has 2 rings (SSSR count). The molecule has 1 aromatic carbocycles. The number of hydrogen-bond acceptors (Lipinski definition) is 4. The number of hydrogen-bond donors (Lipinski definition) is 1. The van der Waals surface area contributed by atoms with E-state index in [1.54, 1.807) is 0 Å². The van der Waals surface area contributed by atoms with Gasteiger partial charge in [-0.3, -0.25) is 9.59 Å². The standard InChI is InChI=1S/C30H50O3.CH2O2/c1-7-17-28(31)33-29-23(4)24(5)30-27(25(29)6)21-20-26(32-30)19-16-14-12-10-8-9-11-13-15-18-22(2)3;2-1-3/h22,26H,7-21H2,1-6H3;1H,(H,2,3). The maximum Gasteiger partial charge on any atom is 0.311 e. The first kappa shape index (κ1) is 32.0. The van der Waals surface area contributed by atoms with Crippen molar-refractivity contribution in [2.24, 2.45) is 5.92 Å². The van der Waals surface area contributed by atoms with E-state index in [4.69, 9.17) is 19.4 Å². The van der Waals surface area contributed by atoms with E-state index in [1.807, 2.05) is 6.92 Å². The zero-order valence-electron chi connectivity index (χ0n) is 23.9. The van der Waals surface area contributed by atoms with Crippen LogP contribution in [0.5, 0.6) is 11.5 Å². The van der Waals surface area contributed by atoms with Gasteiger partial charge in [-0.05, 0) is 75.5 Å². The third-order valence-corrected chi connectivity index (χ3v) is 7.29. The van der Waals surface area contributed by atoms with Gasteiger partial charge < -0.3 is 14.6 Å². The Morgan fingerprint density at radius 3 is 2.08 bits per heavy atom. The maximum atomic E-state index is 12.1. The molecule has 0 saturated heterocycles. The number of rotatable bonds is 15. The molecule has 0 fully saturated rings. The predicted octanol–water partition coefficient (Wildman–Crippen LogP) is 8.66. The molecule has 1 N–H and O–H groups in total. The van der Waals surface area contributed by atoms with Gasteiger partial charge in [0.25, 0.3) is 6.47 Å². The fourth-order valence-corrected chi connectivity index (χ4v) is 5.03. The number of fused-ring (bicyclic) bond motifs is 1. The highest BCUT2D eigenvalue weighted by Gasteiger charge is 2.27. The van der Waals surface area contributed by atoms with E-state index in [0.717, 1.165) is 59.8 Å². The molecule has 0 aliphatic carbocycles. The largest absolute Gasteiger partial charge is 0.490 e. The molecule has 1 aliphatic heterocycles. The monoisotopic (exact) mass is 504 g/mol. The van der Waals surface area contributed by atoms with Gasteiger partial charge in [-0.15, -0.1) is 0 Å². The molecule has 206 valence electrons. The van der Waals surface area contributed by atoms with Gasteiger partial charge in [-0.1, -0.05) is 78.6 Å². The minimum absolute atomic E-state index is 0.135. The summed E-state index contributed by atoms with van der Waals surface area (Å²) in [6.45, 7) is 12.6. The quantitative estimate of drug-likeness (QED) is 0.112. The highest BCUT2D eigenvalue weighted by Crippen LogP contribution is 2.42. The first-order valence-electron chi connectivity index (χ1n) is 14.3. The molecule has 1 unspecified atom stereocenters. The molecule has 5 heteroatoms. The fraction of sp³-hybridized carbons (Fsp3) is 0.742. The van der Waals surface area contributed by atoms with E-state index in [1.165, 1.54) is 69.8 Å². The highest BCUT2D eigenvalue weighted by molar-refractivity contribution is 5.74. The Kier molecular flexibility index (Phi) is 16.2. The van der Waals surface area contributed by atoms with Crippen LogP contribution in [0.3, 0.4) is 0 Å². The van der Waals surface area contributed by atoms with Crippen LogP contribution in [0.2, 0.25) is 0 Å². The van der Waals surface area contributed by atoms with E-state index < -0.39 is 0 Å². The van der Waals surface area contributed by atoms with Gasteiger partial charge in [0.1, 0.15) is 11.5 Å². The summed E-state index contributed by atoms with van der Waals surface area (Å²) in [6.07, 6.45) is 18.6. The average molecular weight is 505 g/mol. The first-order chi connectivity index (χ1) is 17.3. The Bertz CT molecular complexity index is 784. The molecule has 0 bridgehead atoms. The average Bonchev–Trinajstić information content (AvgIpc) is 2.84. The van der Waals surface area contributed by atoms with Crippen molar-refractivity contribution < 1.29 is 24.2 Å². The Morgan fingerprint density at radius 2 is 1.53 bits per heavy atom. The lowest BCUT2D eigenvalue weighted by molar-refractivity contribution is -0.134. The summed E-state index contributed by atoms with van der Waals surface area (Å²) >= 11 is 0. The zero-order valence-corrected chi connectivity index (χ0v) is 23.9. The first-order valence-corrected chi connectivity index (χ1v) is 14.3. The molecule has 1 aromatic rings. The zero-order chi connectivity index (χ0) is 26.9. The summed E-state index contributed by atoms with van der Waals surface area (Å²) in [5, 5.41) is 6.89. The van der Waals surface area contributed by atoms with Crippen LogP contribution >= 0.6 is 0 Å². The lowest BCUT2D eigenvalue weighted by Gasteiger charge is -2.30. The molecule has 0 saturated carbocycles. The highest BCUT2D eigenvalue weighted by atomic mass is 16.5. The van der Waals surface area contributed by atoms with Crippen molar-refractivity contribution in [3.63, 3.8) is 0 Å². The molecule has 1 heterocycles. The normalized spacial score (nSPS) is 14.5. The Labute approximate surface area is 220 Å². The topological polar surface area (TPSA) is 72.8 Å². The van der Waals surface area contributed by atoms with E-state index in [2.05, 4.69) is 34.6 Å². The van der Waals surface area contributed by atoms with Gasteiger partial charge in [0, 0.05) is 12.0 Å². The van der Waals surface area contributed by atoms with Crippen molar-refractivity contribution in [3.05, 3.63) is 22.3 Å². The minimum Gasteiger partial charge on any atom is -0.490 e. The molecule has 36 heavy (non-hydrogen) atoms. The van der Waals surface area contributed by atoms with Crippen LogP contribution in [-0.4, -0.2) is 23.7 Å². The second-order valence-corrected chi connectivity index (χ2v) is 10.8. The molecule has 0 radical (unpaired) electrons. The Hall–Kier alpha value is -2.04. The van der Waals surface area contributed by atoms with Crippen molar-refractivity contribution in [1.29, 1.82) is 0 Å². The Morgan fingerprint density at radius 1 is 0.972 bits per heavy atom. The summed E-state index contributed by atoms with van der Waals surface area (Å²) in [5.74, 6) is 2.53. The SMILES string of the molecule is CCCC(=O)Oc1c(C)c(C)c2c(c1C)CCC(CCCCCCCCCCCC(C)C)O2.O=CO. The van der Waals surface area contributed by atoms with E-state index in [9.17, 15) is 4.79 Å². The molecule has 5 nitrogen and oxygen atoms in total. The minimum atomic E-state index is -0.250. The number of unbranched alkanes of at least 4 members (excludes halogenated alkanes) is 8. The van der Waals surface area contributed by atoms with Crippen LogP contribution in [0.1, 0.15) is 133 Å². The number of ether oxygens (including phenoxy) is 2. The maximum absolute atomic E-state index is 12.1. The fourth-order valence-electron chi connectivity index (χ4n) is 5.03. The lowest BCUT2D eigenvalue weighted by Crippen LogP contribution is -2.24. The second kappa shape index (κ2) is 18.2. The van der Waals surface area contributed by atoms with E-state index in [0.29, 0.717) is 12.5 Å². The molecular formula is C31H52O5. The third-order valence-electron chi connectivity index (χ3n) is 7.29. The summed E-state index contributed by atoms with van der Waals surface area (Å²) in [5.41, 5.74) is 4.50.